The molecule has 0 unspecified atom stereocenters. The lowest BCUT2D eigenvalue weighted by atomic mass is 10.0. The Morgan fingerprint density at radius 3 is 2.67 bits per heavy atom. The zero-order valence-electron chi connectivity index (χ0n) is 14.9. The molecule has 0 radical (unpaired) electrons. The van der Waals surface area contributed by atoms with Gasteiger partial charge in [0.25, 0.3) is 5.91 Å². The number of hydrogen-bond acceptors (Lipinski definition) is 3. The third-order valence-corrected chi connectivity index (χ3v) is 6.06. The molecule has 1 amide bonds. The third-order valence-electron chi connectivity index (χ3n) is 4.93. The van der Waals surface area contributed by atoms with E-state index in [-0.39, 0.29) is 5.91 Å². The van der Waals surface area contributed by atoms with Gasteiger partial charge in [0, 0.05) is 50.3 Å². The Morgan fingerprint density at radius 1 is 1.19 bits per heavy atom. The van der Waals surface area contributed by atoms with Crippen LogP contribution in [0, 0.1) is 3.57 Å². The van der Waals surface area contributed by atoms with Crippen molar-refractivity contribution in [3.8, 4) is 11.5 Å². The van der Waals surface area contributed by atoms with Gasteiger partial charge in [-0.05, 0) is 52.9 Å². The Balaban J connectivity index is 1.69. The number of benzene rings is 2. The van der Waals surface area contributed by atoms with E-state index >= 15 is 0 Å². The summed E-state index contributed by atoms with van der Waals surface area (Å²) >= 11 is 8.34. The smallest absolute Gasteiger partial charge is 0.255 e. The summed E-state index contributed by atoms with van der Waals surface area (Å²) in [5.74, 6) is 1.16. The minimum absolute atomic E-state index is 0.0117. The van der Waals surface area contributed by atoms with E-state index in [0.717, 1.165) is 26.5 Å². The van der Waals surface area contributed by atoms with Crippen LogP contribution in [0.4, 0.5) is 0 Å². The largest absolute Gasteiger partial charge is 0.493 e. The molecular formula is C20H18ClIN2O3. The molecule has 3 aromatic rings. The molecule has 0 fully saturated rings. The number of H-pyrrole nitrogens is 1. The van der Waals surface area contributed by atoms with Crippen molar-refractivity contribution in [2.45, 2.75) is 13.0 Å². The number of nitrogens with zero attached hydrogens (tertiary/aromatic N) is 1. The zero-order valence-corrected chi connectivity index (χ0v) is 17.8. The van der Waals surface area contributed by atoms with E-state index in [1.165, 1.54) is 5.69 Å². The SMILES string of the molecule is COc1cc(I)c(C(=O)N2CCc3[nH]c4ccc(Cl)cc4c3C2)cc1OC. The monoisotopic (exact) mass is 496 g/mol. The lowest BCUT2D eigenvalue weighted by Gasteiger charge is -2.28. The fourth-order valence-electron chi connectivity index (χ4n) is 3.55. The Morgan fingerprint density at radius 2 is 1.93 bits per heavy atom. The van der Waals surface area contributed by atoms with Crippen LogP contribution in [0.25, 0.3) is 10.9 Å². The van der Waals surface area contributed by atoms with Crippen LogP contribution in [0.3, 0.4) is 0 Å². The molecule has 1 N–H and O–H groups in total. The van der Waals surface area contributed by atoms with Crippen molar-refractivity contribution in [3.05, 3.63) is 55.7 Å². The van der Waals surface area contributed by atoms with Crippen molar-refractivity contribution in [2.24, 2.45) is 0 Å². The first kappa shape index (κ1) is 18.4. The van der Waals surface area contributed by atoms with Crippen LogP contribution in [0.5, 0.6) is 11.5 Å². The second kappa shape index (κ2) is 7.24. The fraction of sp³-hybridized carbons (Fsp3) is 0.250. The summed E-state index contributed by atoms with van der Waals surface area (Å²) in [6, 6.07) is 9.40. The number of halogens is 2. The molecule has 0 spiro atoms. The van der Waals surface area contributed by atoms with Crippen molar-refractivity contribution in [1.82, 2.24) is 9.88 Å². The molecule has 4 rings (SSSR count). The summed E-state index contributed by atoms with van der Waals surface area (Å²) in [6.07, 6.45) is 0.789. The van der Waals surface area contributed by atoms with Crippen LogP contribution < -0.4 is 9.47 Å². The minimum atomic E-state index is -0.0117. The molecule has 2 heterocycles. The normalized spacial score (nSPS) is 13.6. The standard InChI is InChI=1S/C20H18ClIN2O3/c1-26-18-8-13(15(22)9-19(18)27-2)20(25)24-6-5-17-14(10-24)12-7-11(21)3-4-16(12)23-17/h3-4,7-9,23H,5-6,10H2,1-2H3. The highest BCUT2D eigenvalue weighted by Crippen LogP contribution is 2.34. The summed E-state index contributed by atoms with van der Waals surface area (Å²) in [4.78, 5) is 18.5. The third kappa shape index (κ3) is 3.25. The highest BCUT2D eigenvalue weighted by molar-refractivity contribution is 14.1. The number of ether oxygens (including phenoxy) is 2. The van der Waals surface area contributed by atoms with E-state index in [9.17, 15) is 4.79 Å². The van der Waals surface area contributed by atoms with E-state index in [1.54, 1.807) is 20.3 Å². The van der Waals surface area contributed by atoms with Gasteiger partial charge in [0.1, 0.15) is 0 Å². The fourth-order valence-corrected chi connectivity index (χ4v) is 4.39. The quantitative estimate of drug-likeness (QED) is 0.538. The molecule has 5 nitrogen and oxygen atoms in total. The Hall–Kier alpha value is -1.93. The topological polar surface area (TPSA) is 54.6 Å². The predicted molar refractivity (Wildman–Crippen MR) is 114 cm³/mol. The van der Waals surface area contributed by atoms with Crippen LogP contribution in [0.15, 0.2) is 30.3 Å². The van der Waals surface area contributed by atoms with Gasteiger partial charge in [-0.15, -0.1) is 0 Å². The van der Waals surface area contributed by atoms with Crippen LogP contribution in [0.2, 0.25) is 5.02 Å². The van der Waals surface area contributed by atoms with Gasteiger partial charge in [-0.25, -0.2) is 0 Å². The Labute approximate surface area is 175 Å². The lowest BCUT2D eigenvalue weighted by molar-refractivity contribution is 0.0733. The molecule has 27 heavy (non-hydrogen) atoms. The van der Waals surface area contributed by atoms with Gasteiger partial charge in [-0.2, -0.15) is 0 Å². The van der Waals surface area contributed by atoms with Crippen LogP contribution in [0.1, 0.15) is 21.6 Å². The van der Waals surface area contributed by atoms with Crippen LogP contribution in [-0.2, 0) is 13.0 Å². The number of amides is 1. The first-order valence-electron chi connectivity index (χ1n) is 8.51. The van der Waals surface area contributed by atoms with E-state index in [4.69, 9.17) is 21.1 Å². The molecule has 1 aliphatic rings. The van der Waals surface area contributed by atoms with E-state index in [2.05, 4.69) is 27.6 Å². The average molecular weight is 497 g/mol. The number of aromatic amines is 1. The Bertz CT molecular complexity index is 1050. The summed E-state index contributed by atoms with van der Waals surface area (Å²) in [5.41, 5.74) is 4.00. The summed E-state index contributed by atoms with van der Waals surface area (Å²) < 4.78 is 11.5. The molecular weight excluding hydrogens is 479 g/mol. The Kier molecular flexibility index (Phi) is 4.94. The van der Waals surface area contributed by atoms with Gasteiger partial charge in [-0.1, -0.05) is 11.6 Å². The maximum absolute atomic E-state index is 13.2. The number of hydrogen-bond donors (Lipinski definition) is 1. The molecule has 7 heteroatoms. The molecule has 1 aliphatic heterocycles. The molecule has 0 aliphatic carbocycles. The van der Waals surface area contributed by atoms with Crippen LogP contribution in [-0.4, -0.2) is 36.6 Å². The zero-order chi connectivity index (χ0) is 19.1. The van der Waals surface area contributed by atoms with E-state index < -0.39 is 0 Å². The van der Waals surface area contributed by atoms with Crippen molar-refractivity contribution in [1.29, 1.82) is 0 Å². The van der Waals surface area contributed by atoms with Gasteiger partial charge >= 0.3 is 0 Å². The van der Waals surface area contributed by atoms with Crippen LogP contribution >= 0.6 is 34.2 Å². The number of methoxy groups -OCH3 is 2. The van der Waals surface area contributed by atoms with Crippen molar-refractivity contribution >= 4 is 51.0 Å². The average Bonchev–Trinajstić information content (AvgIpc) is 3.04. The number of carbonyl (C=O) groups is 1. The number of nitrogens with one attached hydrogen (secondary N) is 1. The summed E-state index contributed by atoms with van der Waals surface area (Å²) in [5, 5.41) is 1.78. The number of aromatic nitrogens is 1. The van der Waals surface area contributed by atoms with Gasteiger partial charge in [0.05, 0.1) is 19.8 Å². The summed E-state index contributed by atoms with van der Waals surface area (Å²) in [6.45, 7) is 1.22. The molecule has 2 aromatic carbocycles. The maximum Gasteiger partial charge on any atom is 0.255 e. The molecule has 0 bridgehead atoms. The van der Waals surface area contributed by atoms with E-state index in [0.29, 0.717) is 35.2 Å². The molecule has 140 valence electrons. The highest BCUT2D eigenvalue weighted by atomic mass is 127. The van der Waals surface area contributed by atoms with Gasteiger partial charge in [-0.3, -0.25) is 4.79 Å². The lowest BCUT2D eigenvalue weighted by Crippen LogP contribution is -2.36. The first-order chi connectivity index (χ1) is 13.0. The number of fused-ring (bicyclic) bond motifs is 3. The van der Waals surface area contributed by atoms with E-state index in [1.807, 2.05) is 29.2 Å². The van der Waals surface area contributed by atoms with Crippen molar-refractivity contribution < 1.29 is 14.3 Å². The maximum atomic E-state index is 13.2. The van der Waals surface area contributed by atoms with Crippen molar-refractivity contribution in [3.63, 3.8) is 0 Å². The molecule has 0 saturated carbocycles. The van der Waals surface area contributed by atoms with Gasteiger partial charge in [0.15, 0.2) is 11.5 Å². The predicted octanol–water partition coefficient (Wildman–Crippen LogP) is 4.64. The summed E-state index contributed by atoms with van der Waals surface area (Å²) in [7, 11) is 3.16. The molecule has 0 atom stereocenters. The minimum Gasteiger partial charge on any atom is -0.493 e. The number of carbonyl (C=O) groups excluding carboxylic acids is 1. The van der Waals surface area contributed by atoms with Gasteiger partial charge in [0.2, 0.25) is 0 Å². The number of rotatable bonds is 3. The van der Waals surface area contributed by atoms with Gasteiger partial charge < -0.3 is 19.4 Å². The van der Waals surface area contributed by atoms with Crippen molar-refractivity contribution in [2.75, 3.05) is 20.8 Å². The molecule has 1 aromatic heterocycles. The molecule has 0 saturated heterocycles. The second-order valence-electron chi connectivity index (χ2n) is 6.44. The second-order valence-corrected chi connectivity index (χ2v) is 8.03. The first-order valence-corrected chi connectivity index (χ1v) is 9.97. The highest BCUT2D eigenvalue weighted by Gasteiger charge is 2.27.